The number of para-hydroxylation sites is 1. The first-order valence-electron chi connectivity index (χ1n) is 11.0. The Morgan fingerprint density at radius 1 is 1.11 bits per heavy atom. The van der Waals surface area contributed by atoms with Gasteiger partial charge in [0.15, 0.2) is 0 Å². The van der Waals surface area contributed by atoms with Crippen LogP contribution in [0.2, 0.25) is 0 Å². The highest BCUT2D eigenvalue weighted by molar-refractivity contribution is 7.93. The van der Waals surface area contributed by atoms with Crippen molar-refractivity contribution in [1.82, 2.24) is 9.29 Å². The number of aliphatic carboxylic acids is 1. The van der Waals surface area contributed by atoms with Gasteiger partial charge in [0.25, 0.3) is 0 Å². The highest BCUT2D eigenvalue weighted by Gasteiger charge is 2.37. The molecule has 0 bridgehead atoms. The van der Waals surface area contributed by atoms with E-state index in [0.717, 1.165) is 27.3 Å². The second-order valence-corrected chi connectivity index (χ2v) is 10.3. The average molecular weight is 527 g/mol. The van der Waals surface area contributed by atoms with Gasteiger partial charge in [-0.2, -0.15) is 17.5 Å². The number of sulfonamides is 1. The summed E-state index contributed by atoms with van der Waals surface area (Å²) in [5.74, 6) is 4.12. The molecule has 0 radical (unpaired) electrons. The third kappa shape index (κ3) is 5.23. The summed E-state index contributed by atoms with van der Waals surface area (Å²) in [7, 11) is -3.07. The van der Waals surface area contributed by atoms with Gasteiger partial charge in [-0.15, -0.1) is 0 Å². The SMILES string of the molecule is C=C1C(C#Cc2ccc(C(F)(F)F)cc2)=CC=C1S(=O)(=O)N(C)C(Cc1c[nH]c2ccccc12)C(=O)O. The summed E-state index contributed by atoms with van der Waals surface area (Å²) >= 11 is 0. The number of allylic oxidation sites excluding steroid dienone is 4. The number of benzene rings is 2. The number of carbonyl (C=O) groups is 1. The maximum atomic E-state index is 13.4. The molecule has 4 rings (SSSR count). The minimum absolute atomic E-state index is 0.0666. The number of rotatable bonds is 6. The number of nitrogens with one attached hydrogen (secondary N) is 1. The largest absolute Gasteiger partial charge is 0.480 e. The number of aromatic nitrogens is 1. The summed E-state index contributed by atoms with van der Waals surface area (Å²) < 4.78 is 65.8. The number of aromatic amines is 1. The lowest BCUT2D eigenvalue weighted by atomic mass is 10.1. The van der Waals surface area contributed by atoms with Crippen LogP contribution in [0.15, 0.2) is 89.5 Å². The molecule has 37 heavy (non-hydrogen) atoms. The summed E-state index contributed by atoms with van der Waals surface area (Å²) in [6, 6.07) is 10.2. The van der Waals surface area contributed by atoms with E-state index in [-0.39, 0.29) is 22.5 Å². The molecule has 0 saturated carbocycles. The van der Waals surface area contributed by atoms with Crippen LogP contribution in [-0.4, -0.2) is 41.9 Å². The van der Waals surface area contributed by atoms with Crippen LogP contribution >= 0.6 is 0 Å². The molecule has 0 spiro atoms. The van der Waals surface area contributed by atoms with Gasteiger partial charge in [-0.05, 0) is 48.0 Å². The molecule has 0 aliphatic heterocycles. The number of fused-ring (bicyclic) bond motifs is 1. The van der Waals surface area contributed by atoms with E-state index in [1.165, 1.54) is 31.3 Å². The molecule has 6 nitrogen and oxygen atoms in total. The molecule has 190 valence electrons. The summed E-state index contributed by atoms with van der Waals surface area (Å²) in [5.41, 5.74) is 1.30. The molecule has 3 aromatic rings. The van der Waals surface area contributed by atoms with Gasteiger partial charge in [0.05, 0.1) is 10.5 Å². The van der Waals surface area contributed by atoms with Crippen LogP contribution in [0.4, 0.5) is 13.2 Å². The van der Waals surface area contributed by atoms with E-state index < -0.39 is 33.8 Å². The Kier molecular flexibility index (Phi) is 6.86. The lowest BCUT2D eigenvalue weighted by molar-refractivity contribution is -0.141. The fourth-order valence-electron chi connectivity index (χ4n) is 3.94. The fraction of sp³-hybridized carbons (Fsp3) is 0.148. The Morgan fingerprint density at radius 3 is 2.43 bits per heavy atom. The highest BCUT2D eigenvalue weighted by atomic mass is 32.2. The lowest BCUT2D eigenvalue weighted by Crippen LogP contribution is -2.44. The van der Waals surface area contributed by atoms with Gasteiger partial charge < -0.3 is 10.1 Å². The fourth-order valence-corrected chi connectivity index (χ4v) is 5.41. The zero-order chi connectivity index (χ0) is 27.0. The first-order valence-corrected chi connectivity index (χ1v) is 12.4. The number of nitrogens with zero attached hydrogens (tertiary/aromatic N) is 1. The first kappa shape index (κ1) is 26.0. The normalized spacial score (nSPS) is 14.8. The van der Waals surface area contributed by atoms with Crippen molar-refractivity contribution < 1.29 is 31.5 Å². The van der Waals surface area contributed by atoms with Crippen LogP contribution in [0.5, 0.6) is 0 Å². The van der Waals surface area contributed by atoms with Crippen LogP contribution in [-0.2, 0) is 27.4 Å². The molecule has 1 aromatic heterocycles. The zero-order valence-electron chi connectivity index (χ0n) is 19.5. The first-order chi connectivity index (χ1) is 17.4. The lowest BCUT2D eigenvalue weighted by Gasteiger charge is -2.25. The molecule has 1 heterocycles. The Hall–Kier alpha value is -4.07. The van der Waals surface area contributed by atoms with Crippen LogP contribution in [0, 0.1) is 11.8 Å². The maximum absolute atomic E-state index is 13.4. The number of H-pyrrole nitrogens is 1. The Bertz CT molecular complexity index is 1620. The van der Waals surface area contributed by atoms with Crippen LogP contribution < -0.4 is 0 Å². The summed E-state index contributed by atoms with van der Waals surface area (Å²) in [6.07, 6.45) is -0.158. The van der Waals surface area contributed by atoms with Crippen molar-refractivity contribution >= 4 is 26.9 Å². The van der Waals surface area contributed by atoms with Gasteiger partial charge in [-0.25, -0.2) is 8.42 Å². The molecule has 0 amide bonds. The summed E-state index contributed by atoms with van der Waals surface area (Å²) in [4.78, 5) is 14.9. The van der Waals surface area contributed by atoms with E-state index in [9.17, 15) is 31.5 Å². The topological polar surface area (TPSA) is 90.5 Å². The van der Waals surface area contributed by atoms with Crippen molar-refractivity contribution in [2.45, 2.75) is 18.6 Å². The number of likely N-dealkylation sites (N-methyl/N-ethyl adjacent to an activating group) is 1. The van der Waals surface area contributed by atoms with Gasteiger partial charge in [-0.1, -0.05) is 36.6 Å². The number of hydrogen-bond acceptors (Lipinski definition) is 3. The van der Waals surface area contributed by atoms with E-state index >= 15 is 0 Å². The third-order valence-corrected chi connectivity index (χ3v) is 8.00. The summed E-state index contributed by atoms with van der Waals surface area (Å²) in [6.45, 7) is 3.80. The molecule has 2 aromatic carbocycles. The predicted molar refractivity (Wildman–Crippen MR) is 134 cm³/mol. The molecule has 0 saturated heterocycles. The van der Waals surface area contributed by atoms with Crippen molar-refractivity contribution in [1.29, 1.82) is 0 Å². The van der Waals surface area contributed by atoms with Gasteiger partial charge in [0, 0.05) is 47.3 Å². The number of halogens is 3. The quantitative estimate of drug-likeness (QED) is 0.448. The number of carboxylic acids is 1. The van der Waals surface area contributed by atoms with E-state index in [1.807, 2.05) is 24.3 Å². The highest BCUT2D eigenvalue weighted by Crippen LogP contribution is 2.32. The van der Waals surface area contributed by atoms with E-state index in [4.69, 9.17) is 0 Å². The van der Waals surface area contributed by atoms with Crippen molar-refractivity contribution in [3.05, 3.63) is 106 Å². The standard InChI is InChI=1S/C27H21F3N2O4S/c1-17-19(10-7-18-8-12-21(13-9-18)27(28,29)30)11-14-25(17)37(35,36)32(2)24(26(33)34)15-20-16-31-23-6-4-3-5-22(20)23/h3-6,8-9,11-14,16,24,31H,1,15H2,2H3,(H,33,34). The second-order valence-electron chi connectivity index (χ2n) is 8.35. The molecular weight excluding hydrogens is 505 g/mol. The average Bonchev–Trinajstić information content (AvgIpc) is 3.43. The van der Waals surface area contributed by atoms with Crippen molar-refractivity contribution in [2.75, 3.05) is 7.05 Å². The monoisotopic (exact) mass is 526 g/mol. The Balaban J connectivity index is 1.52. The third-order valence-electron chi connectivity index (χ3n) is 6.05. The smallest absolute Gasteiger partial charge is 0.416 e. The molecule has 10 heteroatoms. The van der Waals surface area contributed by atoms with Crippen molar-refractivity contribution in [3.8, 4) is 11.8 Å². The van der Waals surface area contributed by atoms with Gasteiger partial charge in [0.1, 0.15) is 6.04 Å². The minimum atomic E-state index is -4.46. The van der Waals surface area contributed by atoms with Gasteiger partial charge in [0.2, 0.25) is 10.0 Å². The molecule has 1 atom stereocenters. The number of alkyl halides is 3. The Labute approximate surface area is 211 Å². The van der Waals surface area contributed by atoms with Crippen molar-refractivity contribution in [3.63, 3.8) is 0 Å². The Morgan fingerprint density at radius 2 is 1.78 bits per heavy atom. The molecule has 2 N–H and O–H groups in total. The number of carboxylic acid groups (broad SMARTS) is 1. The van der Waals surface area contributed by atoms with Gasteiger partial charge in [-0.3, -0.25) is 4.79 Å². The van der Waals surface area contributed by atoms with Crippen LogP contribution in [0.3, 0.4) is 0 Å². The second kappa shape index (κ2) is 9.76. The van der Waals surface area contributed by atoms with E-state index in [0.29, 0.717) is 11.1 Å². The molecular formula is C27H21F3N2O4S. The predicted octanol–water partition coefficient (Wildman–Crippen LogP) is 4.88. The molecule has 1 unspecified atom stereocenters. The van der Waals surface area contributed by atoms with Crippen LogP contribution in [0.25, 0.3) is 10.9 Å². The van der Waals surface area contributed by atoms with Gasteiger partial charge >= 0.3 is 12.1 Å². The van der Waals surface area contributed by atoms with Crippen LogP contribution in [0.1, 0.15) is 16.7 Å². The molecule has 0 fully saturated rings. The number of hydrogen-bond donors (Lipinski definition) is 2. The van der Waals surface area contributed by atoms with E-state index in [1.54, 1.807) is 6.20 Å². The zero-order valence-corrected chi connectivity index (χ0v) is 20.3. The minimum Gasteiger partial charge on any atom is -0.480 e. The molecule has 1 aliphatic carbocycles. The van der Waals surface area contributed by atoms with E-state index in [2.05, 4.69) is 23.4 Å². The van der Waals surface area contributed by atoms with Crippen molar-refractivity contribution in [2.24, 2.45) is 0 Å². The molecule has 1 aliphatic rings. The maximum Gasteiger partial charge on any atom is 0.416 e. The summed E-state index contributed by atoms with van der Waals surface area (Å²) in [5, 5.41) is 10.7.